The summed E-state index contributed by atoms with van der Waals surface area (Å²) in [6.45, 7) is 0.436. The van der Waals surface area contributed by atoms with Gasteiger partial charge in [-0.25, -0.2) is 4.39 Å². The summed E-state index contributed by atoms with van der Waals surface area (Å²) in [7, 11) is 3.11. The third-order valence-electron chi connectivity index (χ3n) is 3.62. The van der Waals surface area contributed by atoms with Gasteiger partial charge < -0.3 is 15.4 Å². The highest BCUT2D eigenvalue weighted by molar-refractivity contribution is 5.94. The van der Waals surface area contributed by atoms with Gasteiger partial charge >= 0.3 is 0 Å². The van der Waals surface area contributed by atoms with E-state index in [0.717, 1.165) is 12.8 Å². The van der Waals surface area contributed by atoms with E-state index in [1.165, 1.54) is 19.2 Å². The number of benzene rings is 1. The molecule has 1 aliphatic rings. The fraction of sp³-hybridized carbons (Fsp3) is 0.500. The van der Waals surface area contributed by atoms with Crippen LogP contribution in [0.5, 0.6) is 5.75 Å². The summed E-state index contributed by atoms with van der Waals surface area (Å²) in [6, 6.07) is 4.28. The second kappa shape index (κ2) is 5.57. The molecule has 2 N–H and O–H groups in total. The highest BCUT2D eigenvalue weighted by Crippen LogP contribution is 2.35. The monoisotopic (exact) mass is 266 g/mol. The van der Waals surface area contributed by atoms with Crippen LogP contribution >= 0.6 is 0 Å². The Balaban J connectivity index is 2.16. The van der Waals surface area contributed by atoms with E-state index in [-0.39, 0.29) is 17.7 Å². The number of nitrogens with zero attached hydrogens (tertiary/aromatic N) is 1. The van der Waals surface area contributed by atoms with Crippen molar-refractivity contribution >= 4 is 5.91 Å². The van der Waals surface area contributed by atoms with Gasteiger partial charge in [0.2, 0.25) is 0 Å². The highest BCUT2D eigenvalue weighted by Gasteiger charge is 2.35. The molecular weight excluding hydrogens is 247 g/mol. The molecule has 0 aromatic heterocycles. The second-order valence-electron chi connectivity index (χ2n) is 4.91. The molecule has 1 saturated carbocycles. The lowest BCUT2D eigenvalue weighted by Crippen LogP contribution is -2.43. The van der Waals surface area contributed by atoms with Crippen LogP contribution < -0.4 is 10.5 Å². The highest BCUT2D eigenvalue weighted by atomic mass is 19.1. The SMILES string of the molecule is COc1ccc(C(=O)N(C)C(CN)C2CC2)cc1F. The number of nitrogens with two attached hydrogens (primary N) is 1. The minimum Gasteiger partial charge on any atom is -0.494 e. The van der Waals surface area contributed by atoms with Crippen molar-refractivity contribution in [2.45, 2.75) is 18.9 Å². The molecule has 5 heteroatoms. The third-order valence-corrected chi connectivity index (χ3v) is 3.62. The Hall–Kier alpha value is -1.62. The molecule has 4 nitrogen and oxygen atoms in total. The van der Waals surface area contributed by atoms with Crippen molar-refractivity contribution in [1.29, 1.82) is 0 Å². The minimum atomic E-state index is -0.530. The van der Waals surface area contributed by atoms with Gasteiger partial charge in [0.1, 0.15) is 0 Å². The molecule has 104 valence electrons. The van der Waals surface area contributed by atoms with Gasteiger partial charge in [-0.05, 0) is 37.0 Å². The number of rotatable bonds is 5. The topological polar surface area (TPSA) is 55.6 Å². The molecule has 2 rings (SSSR count). The summed E-state index contributed by atoms with van der Waals surface area (Å²) in [4.78, 5) is 13.9. The fourth-order valence-electron chi connectivity index (χ4n) is 2.30. The average Bonchev–Trinajstić information content (AvgIpc) is 3.23. The summed E-state index contributed by atoms with van der Waals surface area (Å²) in [5, 5.41) is 0. The average molecular weight is 266 g/mol. The van der Waals surface area contributed by atoms with Crippen LogP contribution in [0.1, 0.15) is 23.2 Å². The van der Waals surface area contributed by atoms with Crippen molar-refractivity contribution in [3.8, 4) is 5.75 Å². The molecule has 1 aromatic rings. The van der Waals surface area contributed by atoms with Gasteiger partial charge in [-0.15, -0.1) is 0 Å². The van der Waals surface area contributed by atoms with E-state index in [0.29, 0.717) is 18.0 Å². The zero-order valence-electron chi connectivity index (χ0n) is 11.2. The molecule has 0 aliphatic heterocycles. The lowest BCUT2D eigenvalue weighted by Gasteiger charge is -2.27. The van der Waals surface area contributed by atoms with Gasteiger partial charge in [0.25, 0.3) is 5.91 Å². The van der Waals surface area contributed by atoms with Crippen molar-refractivity contribution in [3.63, 3.8) is 0 Å². The molecule has 1 atom stereocenters. The lowest BCUT2D eigenvalue weighted by atomic mass is 10.1. The zero-order chi connectivity index (χ0) is 14.0. The summed E-state index contributed by atoms with van der Waals surface area (Å²) in [5.74, 6) is -0.111. The van der Waals surface area contributed by atoms with E-state index in [1.807, 2.05) is 0 Å². The first-order valence-corrected chi connectivity index (χ1v) is 6.39. The van der Waals surface area contributed by atoms with Crippen molar-refractivity contribution in [3.05, 3.63) is 29.6 Å². The third kappa shape index (κ3) is 2.87. The van der Waals surface area contributed by atoms with E-state index >= 15 is 0 Å². The van der Waals surface area contributed by atoms with Crippen LogP contribution in [0.25, 0.3) is 0 Å². The lowest BCUT2D eigenvalue weighted by molar-refractivity contribution is 0.0718. The Morgan fingerprint density at radius 3 is 2.74 bits per heavy atom. The number of carbonyl (C=O) groups excluding carboxylic acids is 1. The number of hydrogen-bond donors (Lipinski definition) is 1. The fourth-order valence-corrected chi connectivity index (χ4v) is 2.30. The van der Waals surface area contributed by atoms with Crippen LogP contribution in [0.3, 0.4) is 0 Å². The van der Waals surface area contributed by atoms with Crippen LogP contribution in [0.4, 0.5) is 4.39 Å². The molecule has 1 aliphatic carbocycles. The Bertz CT molecular complexity index is 475. The Labute approximate surface area is 112 Å². The molecule has 19 heavy (non-hydrogen) atoms. The maximum atomic E-state index is 13.6. The molecule has 0 radical (unpaired) electrons. The van der Waals surface area contributed by atoms with Crippen LogP contribution in [0.15, 0.2) is 18.2 Å². The molecule has 0 spiro atoms. The van der Waals surface area contributed by atoms with Crippen molar-refractivity contribution in [2.75, 3.05) is 20.7 Å². The molecule has 1 aromatic carbocycles. The Morgan fingerprint density at radius 1 is 1.58 bits per heavy atom. The molecule has 1 amide bonds. The number of carbonyl (C=O) groups is 1. The van der Waals surface area contributed by atoms with Crippen LogP contribution in [-0.2, 0) is 0 Å². The first-order valence-electron chi connectivity index (χ1n) is 6.39. The predicted molar refractivity (Wildman–Crippen MR) is 70.6 cm³/mol. The van der Waals surface area contributed by atoms with Gasteiger partial charge in [0.05, 0.1) is 7.11 Å². The molecule has 1 fully saturated rings. The minimum absolute atomic E-state index is 0.0395. The first-order chi connectivity index (χ1) is 9.08. The van der Waals surface area contributed by atoms with E-state index in [2.05, 4.69) is 0 Å². The zero-order valence-corrected chi connectivity index (χ0v) is 11.2. The van der Waals surface area contributed by atoms with Gasteiger partial charge in [-0.2, -0.15) is 0 Å². The van der Waals surface area contributed by atoms with Gasteiger partial charge in [-0.3, -0.25) is 4.79 Å². The largest absolute Gasteiger partial charge is 0.494 e. The van der Waals surface area contributed by atoms with Crippen molar-refractivity contribution in [1.82, 2.24) is 4.90 Å². The standard InChI is InChI=1S/C14H19FN2O2/c1-17(12(8-16)9-3-4-9)14(18)10-5-6-13(19-2)11(15)7-10/h5-7,9,12H,3-4,8,16H2,1-2H3. The maximum Gasteiger partial charge on any atom is 0.254 e. The van der Waals surface area contributed by atoms with Crippen LogP contribution in [-0.4, -0.2) is 37.6 Å². The molecule has 0 heterocycles. The number of likely N-dealkylation sites (N-methyl/N-ethyl adjacent to an activating group) is 1. The Kier molecular flexibility index (Phi) is 4.04. The Morgan fingerprint density at radius 2 is 2.26 bits per heavy atom. The van der Waals surface area contributed by atoms with E-state index in [9.17, 15) is 9.18 Å². The quantitative estimate of drug-likeness (QED) is 0.881. The van der Waals surface area contributed by atoms with E-state index < -0.39 is 5.82 Å². The van der Waals surface area contributed by atoms with Crippen molar-refractivity contribution in [2.24, 2.45) is 11.7 Å². The molecule has 1 unspecified atom stereocenters. The molecular formula is C14H19FN2O2. The van der Waals surface area contributed by atoms with E-state index in [4.69, 9.17) is 10.5 Å². The maximum absolute atomic E-state index is 13.6. The van der Waals surface area contributed by atoms with Crippen LogP contribution in [0.2, 0.25) is 0 Å². The molecule has 0 bridgehead atoms. The smallest absolute Gasteiger partial charge is 0.254 e. The summed E-state index contributed by atoms with van der Waals surface area (Å²) < 4.78 is 18.4. The first kappa shape index (κ1) is 13.8. The van der Waals surface area contributed by atoms with Crippen LogP contribution in [0, 0.1) is 11.7 Å². The number of halogens is 1. The van der Waals surface area contributed by atoms with Gasteiger partial charge in [-0.1, -0.05) is 0 Å². The summed E-state index contributed by atoms with van der Waals surface area (Å²) in [5.41, 5.74) is 6.04. The van der Waals surface area contributed by atoms with Gasteiger partial charge in [0, 0.05) is 25.2 Å². The van der Waals surface area contributed by atoms with Gasteiger partial charge in [0.15, 0.2) is 11.6 Å². The van der Waals surface area contributed by atoms with E-state index in [1.54, 1.807) is 18.0 Å². The summed E-state index contributed by atoms with van der Waals surface area (Å²) >= 11 is 0. The number of methoxy groups -OCH3 is 1. The number of ether oxygens (including phenoxy) is 1. The molecule has 0 saturated heterocycles. The van der Waals surface area contributed by atoms with Crippen molar-refractivity contribution < 1.29 is 13.9 Å². The number of amides is 1. The predicted octanol–water partition coefficient (Wildman–Crippen LogP) is 1.64. The summed E-state index contributed by atoms with van der Waals surface area (Å²) in [6.07, 6.45) is 2.22. The second-order valence-corrected chi connectivity index (χ2v) is 4.91. The number of hydrogen-bond acceptors (Lipinski definition) is 3. The normalized spacial score (nSPS) is 16.0.